The molecular formula is C20H19FN2O2. The van der Waals surface area contributed by atoms with Crippen LogP contribution in [0.25, 0.3) is 11.3 Å². The van der Waals surface area contributed by atoms with Gasteiger partial charge in [0.2, 0.25) is 0 Å². The van der Waals surface area contributed by atoms with E-state index in [9.17, 15) is 9.18 Å². The zero-order valence-corrected chi connectivity index (χ0v) is 14.1. The molecule has 0 aliphatic carbocycles. The summed E-state index contributed by atoms with van der Waals surface area (Å²) in [5.74, 6) is -0.526. The van der Waals surface area contributed by atoms with E-state index in [1.165, 1.54) is 24.3 Å². The minimum atomic E-state index is -0.282. The van der Waals surface area contributed by atoms with E-state index in [2.05, 4.69) is 0 Å². The predicted molar refractivity (Wildman–Crippen MR) is 94.5 cm³/mol. The number of hydrogen-bond donors (Lipinski definition) is 0. The smallest absolute Gasteiger partial charge is 0.293 e. The molecule has 1 amide bonds. The molecule has 0 saturated heterocycles. The van der Waals surface area contributed by atoms with Crippen LogP contribution in [-0.2, 0) is 11.4 Å². The molecule has 0 fully saturated rings. The molecule has 1 heterocycles. The molecule has 3 aromatic rings. The predicted octanol–water partition coefficient (Wildman–Crippen LogP) is 3.98. The number of hydrogen-bond acceptors (Lipinski definition) is 2. The van der Waals surface area contributed by atoms with Crippen molar-refractivity contribution in [1.29, 1.82) is 0 Å². The summed E-state index contributed by atoms with van der Waals surface area (Å²) >= 11 is 0. The maximum absolute atomic E-state index is 13.2. The van der Waals surface area contributed by atoms with E-state index >= 15 is 0 Å². The number of hydroxylamine groups is 2. The topological polar surface area (TPSA) is 34.5 Å². The van der Waals surface area contributed by atoms with Gasteiger partial charge in [0, 0.05) is 19.3 Å². The van der Waals surface area contributed by atoms with E-state index in [4.69, 9.17) is 4.84 Å². The summed E-state index contributed by atoms with van der Waals surface area (Å²) in [6.07, 6.45) is 0. The van der Waals surface area contributed by atoms with Crippen molar-refractivity contribution in [3.8, 4) is 11.3 Å². The second-order valence-electron chi connectivity index (χ2n) is 5.67. The number of carbonyl (C=O) groups is 1. The second kappa shape index (κ2) is 7.32. The minimum Gasteiger partial charge on any atom is -0.332 e. The van der Waals surface area contributed by atoms with Crippen molar-refractivity contribution in [1.82, 2.24) is 9.63 Å². The molecule has 2 aromatic carbocycles. The molecule has 1 aromatic heterocycles. The first-order chi connectivity index (χ1) is 12.1. The minimum absolute atomic E-state index is 0.244. The molecule has 0 aliphatic heterocycles. The van der Waals surface area contributed by atoms with Crippen molar-refractivity contribution in [2.75, 3.05) is 14.2 Å². The number of carbonyl (C=O) groups excluding carboxylic acids is 1. The fraction of sp³-hybridized carbons (Fsp3) is 0.150. The molecule has 0 radical (unpaired) electrons. The van der Waals surface area contributed by atoms with Crippen LogP contribution in [0.2, 0.25) is 0 Å². The van der Waals surface area contributed by atoms with Crippen LogP contribution in [0.5, 0.6) is 0 Å². The number of amides is 1. The van der Waals surface area contributed by atoms with Gasteiger partial charge in [-0.05, 0) is 35.4 Å². The van der Waals surface area contributed by atoms with Crippen molar-refractivity contribution < 1.29 is 14.0 Å². The van der Waals surface area contributed by atoms with E-state index < -0.39 is 0 Å². The third-order valence-electron chi connectivity index (χ3n) is 4.08. The number of halogens is 1. The summed E-state index contributed by atoms with van der Waals surface area (Å²) in [6, 6.07) is 19.8. The monoisotopic (exact) mass is 338 g/mol. The quantitative estimate of drug-likeness (QED) is 0.660. The Morgan fingerprint density at radius 1 is 1.04 bits per heavy atom. The zero-order chi connectivity index (χ0) is 17.8. The van der Waals surface area contributed by atoms with Gasteiger partial charge in [-0.2, -0.15) is 0 Å². The molecule has 0 spiro atoms. The number of rotatable bonds is 5. The molecule has 3 rings (SSSR count). The molecule has 0 saturated carbocycles. The molecular weight excluding hydrogens is 319 g/mol. The summed E-state index contributed by atoms with van der Waals surface area (Å²) in [5, 5.41) is 1.19. The molecule has 0 unspecified atom stereocenters. The molecule has 0 atom stereocenters. The summed E-state index contributed by atoms with van der Waals surface area (Å²) in [7, 11) is 3.02. The lowest BCUT2D eigenvalue weighted by Crippen LogP contribution is -2.28. The first-order valence-corrected chi connectivity index (χ1v) is 7.91. The van der Waals surface area contributed by atoms with E-state index in [0.717, 1.165) is 16.8 Å². The van der Waals surface area contributed by atoms with Gasteiger partial charge < -0.3 is 4.57 Å². The van der Waals surface area contributed by atoms with Gasteiger partial charge in [0.05, 0.1) is 7.11 Å². The molecule has 0 bridgehead atoms. The Labute approximate surface area is 146 Å². The Balaban J connectivity index is 2.06. The van der Waals surface area contributed by atoms with Gasteiger partial charge in [-0.15, -0.1) is 0 Å². The summed E-state index contributed by atoms with van der Waals surface area (Å²) < 4.78 is 15.1. The standard InChI is InChI=1S/C20H19FN2O2/c1-22(25-2)20(24)19-13-12-18(16-6-4-3-5-7-16)23(19)14-15-8-10-17(21)11-9-15/h3-13H,14H2,1-2H3. The van der Waals surface area contributed by atoms with Crippen LogP contribution in [0.15, 0.2) is 66.7 Å². The molecule has 25 heavy (non-hydrogen) atoms. The number of benzene rings is 2. The van der Waals surface area contributed by atoms with E-state index in [1.54, 1.807) is 25.2 Å². The van der Waals surface area contributed by atoms with Gasteiger partial charge in [0.25, 0.3) is 5.91 Å². The van der Waals surface area contributed by atoms with Crippen molar-refractivity contribution in [3.63, 3.8) is 0 Å². The molecule has 0 aliphatic rings. The van der Waals surface area contributed by atoms with Gasteiger partial charge >= 0.3 is 0 Å². The van der Waals surface area contributed by atoms with Crippen LogP contribution >= 0.6 is 0 Å². The fourth-order valence-corrected chi connectivity index (χ4v) is 2.70. The van der Waals surface area contributed by atoms with Crippen molar-refractivity contribution in [2.45, 2.75) is 6.54 Å². The van der Waals surface area contributed by atoms with Crippen LogP contribution in [0.4, 0.5) is 4.39 Å². The van der Waals surface area contributed by atoms with Gasteiger partial charge in [-0.3, -0.25) is 9.63 Å². The SMILES string of the molecule is CON(C)C(=O)c1ccc(-c2ccccc2)n1Cc1ccc(F)cc1. The largest absolute Gasteiger partial charge is 0.332 e. The lowest BCUT2D eigenvalue weighted by molar-refractivity contribution is -0.0762. The Hall–Kier alpha value is -2.92. The van der Waals surface area contributed by atoms with Gasteiger partial charge in [-0.25, -0.2) is 9.45 Å². The Kier molecular flexibility index (Phi) is 4.95. The normalized spacial score (nSPS) is 10.7. The van der Waals surface area contributed by atoms with Crippen LogP contribution in [0, 0.1) is 5.82 Å². The highest BCUT2D eigenvalue weighted by Crippen LogP contribution is 2.24. The zero-order valence-electron chi connectivity index (χ0n) is 14.1. The van der Waals surface area contributed by atoms with Crippen molar-refractivity contribution in [3.05, 3.63) is 83.8 Å². The first-order valence-electron chi connectivity index (χ1n) is 7.91. The third-order valence-corrected chi connectivity index (χ3v) is 4.08. The summed E-state index contributed by atoms with van der Waals surface area (Å²) in [4.78, 5) is 17.6. The Morgan fingerprint density at radius 3 is 2.36 bits per heavy atom. The molecule has 0 N–H and O–H groups in total. The van der Waals surface area contributed by atoms with Crippen molar-refractivity contribution in [2.24, 2.45) is 0 Å². The highest BCUT2D eigenvalue weighted by atomic mass is 19.1. The summed E-state index contributed by atoms with van der Waals surface area (Å²) in [6.45, 7) is 0.454. The molecule has 5 heteroatoms. The average molecular weight is 338 g/mol. The maximum atomic E-state index is 13.2. The Morgan fingerprint density at radius 2 is 1.72 bits per heavy atom. The highest BCUT2D eigenvalue weighted by molar-refractivity contribution is 5.93. The maximum Gasteiger partial charge on any atom is 0.293 e. The van der Waals surface area contributed by atoms with Crippen LogP contribution in [-0.4, -0.2) is 29.7 Å². The highest BCUT2D eigenvalue weighted by Gasteiger charge is 2.19. The van der Waals surface area contributed by atoms with E-state index in [-0.39, 0.29) is 11.7 Å². The lowest BCUT2D eigenvalue weighted by atomic mass is 10.1. The fourth-order valence-electron chi connectivity index (χ4n) is 2.70. The third kappa shape index (κ3) is 3.61. The Bertz CT molecular complexity index is 857. The summed E-state index contributed by atoms with van der Waals surface area (Å²) in [5.41, 5.74) is 3.33. The van der Waals surface area contributed by atoms with Crippen LogP contribution in [0.1, 0.15) is 16.1 Å². The number of aromatic nitrogens is 1. The van der Waals surface area contributed by atoms with Gasteiger partial charge in [0.1, 0.15) is 11.5 Å². The van der Waals surface area contributed by atoms with Gasteiger partial charge in [0.15, 0.2) is 0 Å². The molecule has 4 nitrogen and oxygen atoms in total. The van der Waals surface area contributed by atoms with Gasteiger partial charge in [-0.1, -0.05) is 42.5 Å². The average Bonchev–Trinajstić information content (AvgIpc) is 3.06. The first kappa shape index (κ1) is 16.9. The van der Waals surface area contributed by atoms with E-state index in [0.29, 0.717) is 12.2 Å². The molecule has 128 valence electrons. The number of nitrogens with zero attached hydrogens (tertiary/aromatic N) is 2. The van der Waals surface area contributed by atoms with E-state index in [1.807, 2.05) is 41.0 Å². The van der Waals surface area contributed by atoms with Crippen molar-refractivity contribution >= 4 is 5.91 Å². The lowest BCUT2D eigenvalue weighted by Gasteiger charge is -2.17. The second-order valence-corrected chi connectivity index (χ2v) is 5.67. The van der Waals surface area contributed by atoms with Crippen LogP contribution in [0.3, 0.4) is 0 Å². The van der Waals surface area contributed by atoms with Crippen LogP contribution < -0.4 is 0 Å².